The van der Waals surface area contributed by atoms with Gasteiger partial charge in [-0.3, -0.25) is 14.9 Å². The van der Waals surface area contributed by atoms with E-state index in [9.17, 15) is 19.7 Å². The number of rotatable bonds is 7. The van der Waals surface area contributed by atoms with Crippen LogP contribution < -0.4 is 10.1 Å². The first kappa shape index (κ1) is 29.9. The third-order valence-electron chi connectivity index (χ3n) is 7.83. The van der Waals surface area contributed by atoms with Crippen molar-refractivity contribution in [3.8, 4) is 5.75 Å². The van der Waals surface area contributed by atoms with Gasteiger partial charge >= 0.3 is 11.7 Å². The second-order valence-corrected chi connectivity index (χ2v) is 12.7. The van der Waals surface area contributed by atoms with Gasteiger partial charge in [0.15, 0.2) is 12.4 Å². The number of carbonyl (C=O) groups is 2. The summed E-state index contributed by atoms with van der Waals surface area (Å²) in [7, 11) is 1.32. The van der Waals surface area contributed by atoms with Crippen LogP contribution >= 0.6 is 11.3 Å². The Kier molecular flexibility index (Phi) is 8.32. The summed E-state index contributed by atoms with van der Waals surface area (Å²) < 4.78 is 10.7. The van der Waals surface area contributed by atoms with Gasteiger partial charge in [-0.15, -0.1) is 11.3 Å². The molecule has 1 atom stereocenters. The number of fused-ring (bicyclic) bond motifs is 2. The first-order valence-corrected chi connectivity index (χ1v) is 14.8. The molecule has 0 radical (unpaired) electrons. The van der Waals surface area contributed by atoms with E-state index in [-0.39, 0.29) is 22.8 Å². The normalized spacial score (nSPS) is 15.7. The Hall–Kier alpha value is -4.57. The van der Waals surface area contributed by atoms with Gasteiger partial charge in [0.05, 0.1) is 28.8 Å². The van der Waals surface area contributed by atoms with Crippen molar-refractivity contribution in [1.29, 1.82) is 0 Å². The molecule has 2 aromatic heterocycles. The first-order valence-electron chi connectivity index (χ1n) is 13.9. The smallest absolute Gasteiger partial charge is 0.339 e. The highest BCUT2D eigenvalue weighted by molar-refractivity contribution is 7.10. The van der Waals surface area contributed by atoms with Gasteiger partial charge < -0.3 is 14.8 Å². The molecule has 0 bridgehead atoms. The number of aromatic nitrogens is 1. The quantitative estimate of drug-likeness (QED) is 0.133. The van der Waals surface area contributed by atoms with E-state index >= 15 is 0 Å². The fourth-order valence-corrected chi connectivity index (χ4v) is 6.10. The molecule has 2 aromatic carbocycles. The molecule has 4 aromatic rings. The van der Waals surface area contributed by atoms with Crippen molar-refractivity contribution in [2.75, 3.05) is 19.0 Å². The number of nitro groups is 1. The number of allylic oxidation sites excluding steroid dienone is 1. The molecule has 1 N–H and O–H groups in total. The Morgan fingerprint density at radius 1 is 1.16 bits per heavy atom. The van der Waals surface area contributed by atoms with E-state index in [1.165, 1.54) is 19.2 Å². The van der Waals surface area contributed by atoms with Gasteiger partial charge in [0.25, 0.3) is 5.91 Å². The molecule has 222 valence electrons. The lowest BCUT2D eigenvalue weighted by Crippen LogP contribution is -2.29. The monoisotopic (exact) mass is 599 g/mol. The van der Waals surface area contributed by atoms with Gasteiger partial charge in [0.1, 0.15) is 0 Å². The Morgan fingerprint density at radius 3 is 2.60 bits per heavy atom. The molecular formula is C33H33N3O6S. The van der Waals surface area contributed by atoms with Crippen molar-refractivity contribution >= 4 is 57.1 Å². The van der Waals surface area contributed by atoms with Crippen LogP contribution in [0.4, 0.5) is 11.4 Å². The van der Waals surface area contributed by atoms with E-state index in [0.29, 0.717) is 34.1 Å². The molecular weight excluding hydrogens is 566 g/mol. The number of hydrogen-bond acceptors (Lipinski definition) is 8. The summed E-state index contributed by atoms with van der Waals surface area (Å²) in [5, 5.41) is 16.7. The van der Waals surface area contributed by atoms with Crippen LogP contribution in [0.1, 0.15) is 59.2 Å². The van der Waals surface area contributed by atoms with Gasteiger partial charge in [-0.1, -0.05) is 45.0 Å². The van der Waals surface area contributed by atoms with Crippen molar-refractivity contribution < 1.29 is 24.0 Å². The highest BCUT2D eigenvalue weighted by Crippen LogP contribution is 2.45. The Morgan fingerprint density at radius 2 is 1.93 bits per heavy atom. The van der Waals surface area contributed by atoms with Gasteiger partial charge in [0.2, 0.25) is 0 Å². The number of pyridine rings is 1. The number of para-hydroxylation sites is 1. The molecule has 0 saturated heterocycles. The molecule has 0 spiro atoms. The Balaban J connectivity index is 1.48. The molecule has 1 aliphatic rings. The Bertz CT molecular complexity index is 1750. The summed E-state index contributed by atoms with van der Waals surface area (Å²) in [5.41, 5.74) is 4.36. The summed E-state index contributed by atoms with van der Waals surface area (Å²) >= 11 is 1.65. The van der Waals surface area contributed by atoms with Crippen molar-refractivity contribution in [3.05, 3.63) is 91.3 Å². The van der Waals surface area contributed by atoms with E-state index in [1.54, 1.807) is 18.3 Å². The van der Waals surface area contributed by atoms with Crippen LogP contribution in [0, 0.1) is 28.4 Å². The largest absolute Gasteiger partial charge is 0.490 e. The molecule has 5 rings (SSSR count). The topological polar surface area (TPSA) is 121 Å². The summed E-state index contributed by atoms with van der Waals surface area (Å²) in [5.74, 6) is -0.917. The molecule has 1 amide bonds. The van der Waals surface area contributed by atoms with E-state index in [2.05, 4.69) is 38.2 Å². The summed E-state index contributed by atoms with van der Waals surface area (Å²) in [6, 6.07) is 14.3. The molecule has 9 nitrogen and oxygen atoms in total. The fraction of sp³-hybridized carbons (Fsp3) is 0.303. The van der Waals surface area contributed by atoms with Crippen molar-refractivity contribution in [1.82, 2.24) is 4.98 Å². The van der Waals surface area contributed by atoms with E-state index in [0.717, 1.165) is 28.1 Å². The number of nitro benzene ring substituents is 1. The average Bonchev–Trinajstić information content (AvgIpc) is 3.48. The number of aryl methyl sites for hydroxylation is 1. The van der Waals surface area contributed by atoms with Crippen molar-refractivity contribution in [3.63, 3.8) is 0 Å². The van der Waals surface area contributed by atoms with Crippen LogP contribution in [0.5, 0.6) is 5.75 Å². The number of hydrogen-bond donors (Lipinski definition) is 1. The maximum absolute atomic E-state index is 13.8. The molecule has 0 saturated carbocycles. The molecule has 0 unspecified atom stereocenters. The minimum absolute atomic E-state index is 0.0117. The SMILES string of the molecule is COc1cc(NC(=O)COC(=O)c2c3c(nc4ccccc24)/C(=C\c2cccs2)C[C@@H](C(C)(C)C)C3)c(C)cc1[N+](=O)[O-]. The first-order chi connectivity index (χ1) is 20.5. The maximum Gasteiger partial charge on any atom is 0.339 e. The number of methoxy groups -OCH3 is 1. The summed E-state index contributed by atoms with van der Waals surface area (Å²) in [4.78, 5) is 43.6. The standard InChI is InChI=1S/C33H33N3O6S/c1-19-13-27(36(39)40)28(41-5)17-26(19)34-29(37)18-42-32(38)30-23-10-6-7-11-25(23)35-31-20(15-22-9-8-12-43-22)14-21(16-24(30)31)33(2,3)4/h6-13,15,17,21H,14,16,18H2,1-5H3,(H,34,37)/b20-15-/t21-/m1/s1. The van der Waals surface area contributed by atoms with Crippen LogP contribution in [-0.2, 0) is 16.0 Å². The predicted molar refractivity (Wildman–Crippen MR) is 168 cm³/mol. The van der Waals surface area contributed by atoms with Crippen LogP contribution in [0.25, 0.3) is 22.6 Å². The van der Waals surface area contributed by atoms with Crippen LogP contribution in [0.2, 0.25) is 0 Å². The molecule has 43 heavy (non-hydrogen) atoms. The average molecular weight is 600 g/mol. The number of nitrogens with zero attached hydrogens (tertiary/aromatic N) is 2. The molecule has 0 fully saturated rings. The predicted octanol–water partition coefficient (Wildman–Crippen LogP) is 7.47. The number of anilines is 1. The zero-order chi connectivity index (χ0) is 30.9. The van der Waals surface area contributed by atoms with E-state index in [4.69, 9.17) is 14.5 Å². The number of benzene rings is 2. The van der Waals surface area contributed by atoms with E-state index in [1.807, 2.05) is 35.7 Å². The minimum Gasteiger partial charge on any atom is -0.490 e. The van der Waals surface area contributed by atoms with Gasteiger partial charge in [-0.2, -0.15) is 0 Å². The molecule has 10 heteroatoms. The lowest BCUT2D eigenvalue weighted by Gasteiger charge is -2.36. The number of nitrogens with one attached hydrogen (secondary N) is 1. The highest BCUT2D eigenvalue weighted by atomic mass is 32.1. The van der Waals surface area contributed by atoms with E-state index < -0.39 is 23.4 Å². The zero-order valence-electron chi connectivity index (χ0n) is 24.7. The summed E-state index contributed by atoms with van der Waals surface area (Å²) in [6.45, 7) is 7.71. The number of carbonyl (C=O) groups excluding carboxylic acids is 2. The molecule has 0 aliphatic heterocycles. The third kappa shape index (κ3) is 6.29. The second-order valence-electron chi connectivity index (χ2n) is 11.7. The van der Waals surface area contributed by atoms with Gasteiger partial charge in [-0.25, -0.2) is 9.78 Å². The van der Waals surface area contributed by atoms with Gasteiger partial charge in [0, 0.05) is 28.1 Å². The molecule has 1 aliphatic carbocycles. The lowest BCUT2D eigenvalue weighted by molar-refractivity contribution is -0.385. The lowest BCUT2D eigenvalue weighted by atomic mass is 9.69. The Labute approximate surface area is 253 Å². The molecule has 2 heterocycles. The van der Waals surface area contributed by atoms with Crippen molar-refractivity contribution in [2.24, 2.45) is 11.3 Å². The minimum atomic E-state index is -0.604. The fourth-order valence-electron chi connectivity index (χ4n) is 5.42. The number of ether oxygens (including phenoxy) is 2. The second kappa shape index (κ2) is 12.0. The zero-order valence-corrected chi connectivity index (χ0v) is 25.5. The van der Waals surface area contributed by atoms with Crippen LogP contribution in [0.15, 0.2) is 53.9 Å². The maximum atomic E-state index is 13.8. The summed E-state index contributed by atoms with van der Waals surface area (Å²) in [6.07, 6.45) is 3.64. The van der Waals surface area contributed by atoms with Crippen LogP contribution in [0.3, 0.4) is 0 Å². The highest BCUT2D eigenvalue weighted by Gasteiger charge is 2.35. The van der Waals surface area contributed by atoms with Crippen molar-refractivity contribution in [2.45, 2.75) is 40.5 Å². The third-order valence-corrected chi connectivity index (χ3v) is 8.65. The number of thiophene rings is 1. The van der Waals surface area contributed by atoms with Gasteiger partial charge in [-0.05, 0) is 71.4 Å². The number of esters is 1. The van der Waals surface area contributed by atoms with Crippen LogP contribution in [-0.4, -0.2) is 35.5 Å². The number of amides is 1.